The van der Waals surface area contributed by atoms with Crippen LogP contribution < -0.4 is 0 Å². The first-order chi connectivity index (χ1) is 6.77. The Balaban J connectivity index is 2.07. The van der Waals surface area contributed by atoms with Gasteiger partial charge in [-0.05, 0) is 31.9 Å². The number of carbonyl (C=O) groups excluding carboxylic acids is 1. The number of aryl methyl sites for hydroxylation is 1. The standard InChI is InChI=1S/C12H17NO/c1-9-7-8-11(13-9)12(14)10-5-3-2-4-6-10/h7-8,10,13H,2-6H2,1H3. The van der Waals surface area contributed by atoms with Crippen LogP contribution in [0.1, 0.15) is 48.3 Å². The SMILES string of the molecule is Cc1ccc(C(=O)C2CCCCC2)[nH]1. The number of aromatic amines is 1. The Morgan fingerprint density at radius 2 is 2.00 bits per heavy atom. The molecule has 1 N–H and O–H groups in total. The summed E-state index contributed by atoms with van der Waals surface area (Å²) in [6, 6.07) is 3.88. The first-order valence-electron chi connectivity index (χ1n) is 5.47. The van der Waals surface area contributed by atoms with Crippen LogP contribution in [0.25, 0.3) is 0 Å². The predicted molar refractivity (Wildman–Crippen MR) is 56.4 cm³/mol. The molecule has 2 heteroatoms. The number of carbonyl (C=O) groups is 1. The van der Waals surface area contributed by atoms with Crippen LogP contribution in [0.3, 0.4) is 0 Å². The van der Waals surface area contributed by atoms with Crippen LogP contribution in [0.4, 0.5) is 0 Å². The summed E-state index contributed by atoms with van der Waals surface area (Å²) in [7, 11) is 0. The van der Waals surface area contributed by atoms with E-state index in [1.165, 1.54) is 19.3 Å². The summed E-state index contributed by atoms with van der Waals surface area (Å²) in [5.74, 6) is 0.597. The lowest BCUT2D eigenvalue weighted by Crippen LogP contribution is -2.18. The number of H-pyrrole nitrogens is 1. The van der Waals surface area contributed by atoms with E-state index in [4.69, 9.17) is 0 Å². The van der Waals surface area contributed by atoms with Crippen LogP contribution in [0, 0.1) is 12.8 Å². The van der Waals surface area contributed by atoms with Crippen molar-refractivity contribution >= 4 is 5.78 Å². The molecule has 1 fully saturated rings. The summed E-state index contributed by atoms with van der Waals surface area (Å²) < 4.78 is 0. The molecule has 1 saturated carbocycles. The second-order valence-electron chi connectivity index (χ2n) is 4.25. The highest BCUT2D eigenvalue weighted by Gasteiger charge is 2.22. The van der Waals surface area contributed by atoms with Gasteiger partial charge in [0.15, 0.2) is 5.78 Å². The number of hydrogen-bond acceptors (Lipinski definition) is 1. The first-order valence-corrected chi connectivity index (χ1v) is 5.47. The third-order valence-electron chi connectivity index (χ3n) is 3.07. The molecule has 1 aromatic rings. The molecule has 0 saturated heterocycles. The van der Waals surface area contributed by atoms with E-state index < -0.39 is 0 Å². The van der Waals surface area contributed by atoms with Crippen molar-refractivity contribution in [2.45, 2.75) is 39.0 Å². The molecule has 2 nitrogen and oxygen atoms in total. The van der Waals surface area contributed by atoms with Crippen LogP contribution in [0.2, 0.25) is 0 Å². The van der Waals surface area contributed by atoms with Gasteiger partial charge >= 0.3 is 0 Å². The van der Waals surface area contributed by atoms with Gasteiger partial charge in [-0.15, -0.1) is 0 Å². The maximum absolute atomic E-state index is 12.0. The molecule has 1 aliphatic rings. The molecule has 0 aliphatic heterocycles. The van der Waals surface area contributed by atoms with Gasteiger partial charge in [-0.3, -0.25) is 4.79 Å². The van der Waals surface area contributed by atoms with Gasteiger partial charge in [0.05, 0.1) is 5.69 Å². The molecule has 14 heavy (non-hydrogen) atoms. The molecule has 2 rings (SSSR count). The summed E-state index contributed by atoms with van der Waals surface area (Å²) in [5, 5.41) is 0. The van der Waals surface area contributed by atoms with Crippen LogP contribution in [-0.2, 0) is 0 Å². The lowest BCUT2D eigenvalue weighted by Gasteiger charge is -2.19. The van der Waals surface area contributed by atoms with E-state index in [1.807, 2.05) is 19.1 Å². The Bertz CT molecular complexity index is 321. The summed E-state index contributed by atoms with van der Waals surface area (Å²) in [4.78, 5) is 15.1. The molecule has 0 aromatic carbocycles. The van der Waals surface area contributed by atoms with E-state index in [1.54, 1.807) is 0 Å². The van der Waals surface area contributed by atoms with E-state index in [2.05, 4.69) is 4.98 Å². The van der Waals surface area contributed by atoms with Gasteiger partial charge in [-0.25, -0.2) is 0 Å². The molecule has 0 unspecified atom stereocenters. The van der Waals surface area contributed by atoms with Gasteiger partial charge in [0, 0.05) is 11.6 Å². The Morgan fingerprint density at radius 3 is 2.57 bits per heavy atom. The zero-order valence-electron chi connectivity index (χ0n) is 8.68. The predicted octanol–water partition coefficient (Wildman–Crippen LogP) is 3.09. The molecule has 0 bridgehead atoms. The van der Waals surface area contributed by atoms with Gasteiger partial charge < -0.3 is 4.98 Å². The third kappa shape index (κ3) is 1.89. The lowest BCUT2D eigenvalue weighted by molar-refractivity contribution is 0.0885. The maximum Gasteiger partial charge on any atom is 0.182 e. The Hall–Kier alpha value is -1.05. The quantitative estimate of drug-likeness (QED) is 0.716. The molecular weight excluding hydrogens is 174 g/mol. The first kappa shape index (κ1) is 9.50. The maximum atomic E-state index is 12.0. The molecule has 0 spiro atoms. The number of Topliss-reactive ketones (excluding diaryl/α,β-unsaturated/α-hetero) is 1. The van der Waals surface area contributed by atoms with Gasteiger partial charge in [0.25, 0.3) is 0 Å². The number of hydrogen-bond donors (Lipinski definition) is 1. The highest BCUT2D eigenvalue weighted by molar-refractivity contribution is 5.96. The second-order valence-corrected chi connectivity index (χ2v) is 4.25. The molecule has 1 aromatic heterocycles. The molecule has 0 atom stereocenters. The largest absolute Gasteiger partial charge is 0.356 e. The van der Waals surface area contributed by atoms with Gasteiger partial charge in [0.1, 0.15) is 0 Å². The molecule has 1 aliphatic carbocycles. The van der Waals surface area contributed by atoms with Gasteiger partial charge in [-0.2, -0.15) is 0 Å². The average Bonchev–Trinajstić information content (AvgIpc) is 2.65. The Kier molecular flexibility index (Phi) is 2.71. The molecule has 0 amide bonds. The van der Waals surface area contributed by atoms with E-state index in [9.17, 15) is 4.79 Å². The molecular formula is C12H17NO. The highest BCUT2D eigenvalue weighted by Crippen LogP contribution is 2.26. The van der Waals surface area contributed by atoms with Crippen molar-refractivity contribution in [2.24, 2.45) is 5.92 Å². The summed E-state index contributed by atoms with van der Waals surface area (Å²) >= 11 is 0. The zero-order valence-corrected chi connectivity index (χ0v) is 8.68. The summed E-state index contributed by atoms with van der Waals surface area (Å²) in [5.41, 5.74) is 1.87. The van der Waals surface area contributed by atoms with Gasteiger partial charge in [0.2, 0.25) is 0 Å². The van der Waals surface area contributed by atoms with Crippen molar-refractivity contribution in [3.63, 3.8) is 0 Å². The van der Waals surface area contributed by atoms with Crippen molar-refractivity contribution in [1.29, 1.82) is 0 Å². The second kappa shape index (κ2) is 3.99. The molecule has 0 radical (unpaired) electrons. The fourth-order valence-corrected chi connectivity index (χ4v) is 2.23. The van der Waals surface area contributed by atoms with Crippen LogP contribution in [0.15, 0.2) is 12.1 Å². The lowest BCUT2D eigenvalue weighted by atomic mass is 9.85. The van der Waals surface area contributed by atoms with Crippen LogP contribution in [-0.4, -0.2) is 10.8 Å². The summed E-state index contributed by atoms with van der Waals surface area (Å²) in [6.45, 7) is 1.98. The summed E-state index contributed by atoms with van der Waals surface area (Å²) in [6.07, 6.45) is 5.90. The Labute approximate surface area is 84.7 Å². The fraction of sp³-hybridized carbons (Fsp3) is 0.583. The van der Waals surface area contributed by atoms with Crippen LogP contribution in [0.5, 0.6) is 0 Å². The van der Waals surface area contributed by atoms with E-state index in [0.29, 0.717) is 5.78 Å². The Morgan fingerprint density at radius 1 is 1.29 bits per heavy atom. The molecule has 76 valence electrons. The van der Waals surface area contributed by atoms with Crippen molar-refractivity contribution in [3.8, 4) is 0 Å². The number of ketones is 1. The topological polar surface area (TPSA) is 32.9 Å². The highest BCUT2D eigenvalue weighted by atomic mass is 16.1. The minimum atomic E-state index is 0.279. The van der Waals surface area contributed by atoms with Crippen molar-refractivity contribution in [1.82, 2.24) is 4.98 Å². The average molecular weight is 191 g/mol. The smallest absolute Gasteiger partial charge is 0.182 e. The number of rotatable bonds is 2. The minimum Gasteiger partial charge on any atom is -0.356 e. The normalized spacial score (nSPS) is 18.4. The third-order valence-corrected chi connectivity index (χ3v) is 3.07. The number of aromatic nitrogens is 1. The minimum absolute atomic E-state index is 0.279. The van der Waals surface area contributed by atoms with Crippen molar-refractivity contribution in [3.05, 3.63) is 23.5 Å². The van der Waals surface area contributed by atoms with E-state index in [-0.39, 0.29) is 5.92 Å². The van der Waals surface area contributed by atoms with Crippen LogP contribution >= 0.6 is 0 Å². The van der Waals surface area contributed by atoms with E-state index in [0.717, 1.165) is 24.2 Å². The van der Waals surface area contributed by atoms with Crippen molar-refractivity contribution < 1.29 is 4.79 Å². The fourth-order valence-electron chi connectivity index (χ4n) is 2.23. The molecule has 1 heterocycles. The zero-order chi connectivity index (χ0) is 9.97. The van der Waals surface area contributed by atoms with Gasteiger partial charge in [-0.1, -0.05) is 19.3 Å². The van der Waals surface area contributed by atoms with E-state index >= 15 is 0 Å². The van der Waals surface area contributed by atoms with Crippen molar-refractivity contribution in [2.75, 3.05) is 0 Å². The monoisotopic (exact) mass is 191 g/mol. The number of nitrogens with one attached hydrogen (secondary N) is 1.